The highest BCUT2D eigenvalue weighted by atomic mass is 19.1. The van der Waals surface area contributed by atoms with E-state index in [-0.39, 0.29) is 22.2 Å². The number of rotatable bonds is 2. The van der Waals surface area contributed by atoms with Crippen molar-refractivity contribution in [1.82, 2.24) is 20.4 Å². The van der Waals surface area contributed by atoms with Crippen LogP contribution in [-0.4, -0.2) is 44.3 Å². The summed E-state index contributed by atoms with van der Waals surface area (Å²) in [7, 11) is 0. The van der Waals surface area contributed by atoms with Gasteiger partial charge >= 0.3 is 12.1 Å². The minimum Gasteiger partial charge on any atom is -0.443 e. The average Bonchev–Trinajstić information content (AvgIpc) is 3.13. The number of nitrogens with zero attached hydrogens (tertiary/aromatic N) is 3. The van der Waals surface area contributed by atoms with E-state index in [1.54, 1.807) is 20.8 Å². The molecule has 2 unspecified atom stereocenters. The Labute approximate surface area is 233 Å². The quantitative estimate of drug-likeness (QED) is 0.422. The molecule has 3 aromatic rings. The average molecular weight is 566 g/mol. The zero-order valence-electron chi connectivity index (χ0n) is 22.8. The molecule has 3 heterocycles. The molecule has 12 heteroatoms. The van der Waals surface area contributed by atoms with Crippen molar-refractivity contribution in [2.24, 2.45) is 0 Å². The fraction of sp³-hybridized carbons (Fsp3) is 0.414. The largest absolute Gasteiger partial charge is 0.443 e. The van der Waals surface area contributed by atoms with Crippen LogP contribution in [0.15, 0.2) is 41.2 Å². The van der Waals surface area contributed by atoms with E-state index in [2.05, 4.69) is 15.5 Å². The molecule has 2 aliphatic heterocycles. The Morgan fingerprint density at radius 2 is 1.68 bits per heavy atom. The van der Waals surface area contributed by atoms with Crippen LogP contribution in [0.1, 0.15) is 76.2 Å². The van der Waals surface area contributed by atoms with E-state index in [9.17, 15) is 23.6 Å². The Morgan fingerprint density at radius 3 is 2.34 bits per heavy atom. The highest BCUT2D eigenvalue weighted by Gasteiger charge is 2.58. The molecule has 0 bridgehead atoms. The van der Waals surface area contributed by atoms with Crippen LogP contribution in [0.4, 0.5) is 24.1 Å². The summed E-state index contributed by atoms with van der Waals surface area (Å²) in [5.74, 6) is -1.82. The molecule has 6 rings (SSSR count). The van der Waals surface area contributed by atoms with Gasteiger partial charge in [-0.05, 0) is 63.4 Å². The van der Waals surface area contributed by atoms with Gasteiger partial charge in [-0.1, -0.05) is 31.4 Å². The van der Waals surface area contributed by atoms with Gasteiger partial charge in [0.25, 0.3) is 11.5 Å². The molecule has 4 amide bonds. The highest BCUT2D eigenvalue weighted by molar-refractivity contribution is 6.10. The van der Waals surface area contributed by atoms with E-state index in [4.69, 9.17) is 4.74 Å². The maximum Gasteiger partial charge on any atom is 0.415 e. The van der Waals surface area contributed by atoms with Gasteiger partial charge in [-0.15, -0.1) is 0 Å². The second kappa shape index (κ2) is 9.35. The Hall–Kier alpha value is -4.35. The Bertz CT molecular complexity index is 1640. The molecule has 1 aliphatic carbocycles. The van der Waals surface area contributed by atoms with Crippen molar-refractivity contribution in [3.63, 3.8) is 0 Å². The number of benzene rings is 2. The summed E-state index contributed by atoms with van der Waals surface area (Å²) in [6, 6.07) is 4.17. The van der Waals surface area contributed by atoms with Crippen molar-refractivity contribution < 1.29 is 27.9 Å². The molecule has 2 fully saturated rings. The van der Waals surface area contributed by atoms with Gasteiger partial charge in [0.2, 0.25) is 0 Å². The Morgan fingerprint density at radius 1 is 1.00 bits per heavy atom. The monoisotopic (exact) mass is 565 g/mol. The van der Waals surface area contributed by atoms with Gasteiger partial charge in [0.05, 0.1) is 22.8 Å². The van der Waals surface area contributed by atoms with E-state index in [1.807, 2.05) is 0 Å². The van der Waals surface area contributed by atoms with Gasteiger partial charge in [-0.3, -0.25) is 19.4 Å². The summed E-state index contributed by atoms with van der Waals surface area (Å²) >= 11 is 0. The summed E-state index contributed by atoms with van der Waals surface area (Å²) in [4.78, 5) is 56.8. The molecule has 214 valence electrons. The first-order valence-corrected chi connectivity index (χ1v) is 13.6. The topological polar surface area (TPSA) is 125 Å². The number of hydrogen-bond acceptors (Lipinski definition) is 6. The predicted octanol–water partition coefficient (Wildman–Crippen LogP) is 4.99. The normalized spacial score (nSPS) is 21.9. The van der Waals surface area contributed by atoms with Crippen molar-refractivity contribution in [1.29, 1.82) is 0 Å². The first-order chi connectivity index (χ1) is 19.4. The summed E-state index contributed by atoms with van der Waals surface area (Å²) in [5, 5.41) is 9.52. The number of ether oxygens (including phenoxy) is 1. The molecule has 10 nitrogen and oxygen atoms in total. The number of urea groups is 1. The van der Waals surface area contributed by atoms with Crippen LogP contribution in [0.25, 0.3) is 10.8 Å². The SMILES string of the molecule is CC(C)(C)OC(=O)N1c2cc(F)cc3c(=O)[nH]nc(c23)C(N2C(=O)NC3(CCCCC3)C2=O)C1c1ccc(F)cc1. The number of carbonyl (C=O) groups excluding carboxylic acids is 3. The van der Waals surface area contributed by atoms with Crippen LogP contribution in [-0.2, 0) is 9.53 Å². The lowest BCUT2D eigenvalue weighted by atomic mass is 9.81. The zero-order chi connectivity index (χ0) is 29.3. The predicted molar refractivity (Wildman–Crippen MR) is 144 cm³/mol. The van der Waals surface area contributed by atoms with Gasteiger partial charge in [-0.25, -0.2) is 23.5 Å². The number of hydrogen-bond donors (Lipinski definition) is 2. The Kier molecular flexibility index (Phi) is 6.13. The lowest BCUT2D eigenvalue weighted by Crippen LogP contribution is -2.51. The molecule has 41 heavy (non-hydrogen) atoms. The number of H-pyrrole nitrogens is 1. The van der Waals surface area contributed by atoms with Crippen molar-refractivity contribution in [2.75, 3.05) is 4.90 Å². The molecule has 2 atom stereocenters. The molecule has 3 aliphatic rings. The molecular weight excluding hydrogens is 536 g/mol. The summed E-state index contributed by atoms with van der Waals surface area (Å²) in [5.41, 5.74) is -2.39. The van der Waals surface area contributed by atoms with Crippen LogP contribution in [0.5, 0.6) is 0 Å². The van der Waals surface area contributed by atoms with Gasteiger partial charge in [0.1, 0.15) is 28.8 Å². The minimum atomic E-state index is -1.26. The number of amides is 4. The van der Waals surface area contributed by atoms with Crippen molar-refractivity contribution in [3.8, 4) is 0 Å². The lowest BCUT2D eigenvalue weighted by molar-refractivity contribution is -0.134. The summed E-state index contributed by atoms with van der Waals surface area (Å²) in [6.07, 6.45) is 2.43. The fourth-order valence-electron chi connectivity index (χ4n) is 6.28. The number of aromatic nitrogens is 2. The minimum absolute atomic E-state index is 0.0205. The van der Waals surface area contributed by atoms with Gasteiger partial charge < -0.3 is 10.1 Å². The smallest absolute Gasteiger partial charge is 0.415 e. The molecule has 1 aromatic heterocycles. The number of anilines is 1. The molecule has 1 spiro atoms. The molecule has 2 N–H and O–H groups in total. The van der Waals surface area contributed by atoms with E-state index in [0.29, 0.717) is 18.4 Å². The van der Waals surface area contributed by atoms with Crippen LogP contribution in [0, 0.1) is 11.6 Å². The number of carbonyl (C=O) groups is 3. The van der Waals surface area contributed by atoms with E-state index < -0.39 is 58.4 Å². The molecular formula is C29H29F2N5O5. The highest BCUT2D eigenvalue weighted by Crippen LogP contribution is 2.51. The third kappa shape index (κ3) is 4.32. The third-order valence-electron chi connectivity index (χ3n) is 7.96. The molecule has 0 radical (unpaired) electrons. The van der Waals surface area contributed by atoms with Crippen molar-refractivity contribution in [2.45, 2.75) is 76.1 Å². The second-order valence-corrected chi connectivity index (χ2v) is 11.8. The molecule has 2 aromatic carbocycles. The lowest BCUT2D eigenvalue weighted by Gasteiger charge is -2.44. The second-order valence-electron chi connectivity index (χ2n) is 11.8. The van der Waals surface area contributed by atoms with Gasteiger partial charge in [0.15, 0.2) is 0 Å². The van der Waals surface area contributed by atoms with Crippen LogP contribution >= 0.6 is 0 Å². The summed E-state index contributed by atoms with van der Waals surface area (Å²) in [6.45, 7) is 4.97. The maximum absolute atomic E-state index is 15.0. The van der Waals surface area contributed by atoms with Crippen molar-refractivity contribution in [3.05, 3.63) is 69.6 Å². The van der Waals surface area contributed by atoms with Crippen LogP contribution < -0.4 is 15.8 Å². The van der Waals surface area contributed by atoms with Crippen LogP contribution in [0.3, 0.4) is 0 Å². The molecule has 1 saturated carbocycles. The number of aromatic amines is 1. The zero-order valence-corrected chi connectivity index (χ0v) is 22.8. The maximum atomic E-state index is 15.0. The first-order valence-electron chi connectivity index (χ1n) is 13.6. The Balaban J connectivity index is 1.65. The fourth-order valence-corrected chi connectivity index (χ4v) is 6.28. The van der Waals surface area contributed by atoms with E-state index in [0.717, 1.165) is 41.2 Å². The van der Waals surface area contributed by atoms with E-state index >= 15 is 4.39 Å². The van der Waals surface area contributed by atoms with Crippen molar-refractivity contribution >= 4 is 34.5 Å². The van der Waals surface area contributed by atoms with E-state index in [1.165, 1.54) is 24.3 Å². The van der Waals surface area contributed by atoms with Crippen LogP contribution in [0.2, 0.25) is 0 Å². The first kappa shape index (κ1) is 26.9. The third-order valence-corrected chi connectivity index (χ3v) is 7.96. The molecule has 1 saturated heterocycles. The number of imide groups is 1. The van der Waals surface area contributed by atoms with Gasteiger partial charge in [0, 0.05) is 5.39 Å². The van der Waals surface area contributed by atoms with Gasteiger partial charge in [-0.2, -0.15) is 5.10 Å². The summed E-state index contributed by atoms with van der Waals surface area (Å²) < 4.78 is 34.8. The standard InChI is InChI=1S/C29H29F2N5O5/c1-28(2,3)41-27(40)35-19-14-17(31)13-18-20(19)21(33-34-24(18)37)23(22(35)15-7-9-16(30)10-8-15)36-25(38)29(32-26(36)39)11-5-4-6-12-29/h7-10,13-14,22-23H,4-6,11-12H2,1-3H3,(H,32,39)(H,34,37). The number of halogens is 2. The number of nitrogens with one attached hydrogen (secondary N) is 2.